The van der Waals surface area contributed by atoms with Crippen molar-refractivity contribution in [1.29, 1.82) is 0 Å². The summed E-state index contributed by atoms with van der Waals surface area (Å²) < 4.78 is 18.4. The zero-order valence-corrected chi connectivity index (χ0v) is 11.7. The molecule has 1 N–H and O–H groups in total. The Morgan fingerprint density at radius 2 is 1.86 bits per heavy atom. The summed E-state index contributed by atoms with van der Waals surface area (Å²) in [5.41, 5.74) is 1.73. The lowest BCUT2D eigenvalue weighted by atomic mass is 10.0. The summed E-state index contributed by atoms with van der Waals surface area (Å²) in [6.45, 7) is 0. The lowest BCUT2D eigenvalue weighted by Gasteiger charge is -2.08. The number of hydrogen-bond acceptors (Lipinski definition) is 3. The summed E-state index contributed by atoms with van der Waals surface area (Å²) in [4.78, 5) is 15.9. The van der Waals surface area contributed by atoms with Gasteiger partial charge in [0.1, 0.15) is 11.6 Å². The van der Waals surface area contributed by atoms with Gasteiger partial charge in [-0.15, -0.1) is 0 Å². The molecule has 0 atom stereocenters. The minimum atomic E-state index is -1.12. The third kappa shape index (κ3) is 2.48. The highest BCUT2D eigenvalue weighted by Crippen LogP contribution is 2.26. The van der Waals surface area contributed by atoms with Crippen LogP contribution in [0.2, 0.25) is 0 Å². The Bertz CT molecular complexity index is 860. The maximum Gasteiger partial charge on any atom is 0.336 e. The number of methoxy groups -OCH3 is 1. The molecule has 3 aromatic rings. The molecule has 5 heteroatoms. The molecule has 0 aliphatic rings. The lowest BCUT2D eigenvalue weighted by molar-refractivity contribution is 0.0699. The molecule has 0 bridgehead atoms. The molecule has 22 heavy (non-hydrogen) atoms. The summed E-state index contributed by atoms with van der Waals surface area (Å²) in [5.74, 6) is -0.910. The van der Waals surface area contributed by atoms with Crippen LogP contribution in [0.5, 0.6) is 5.75 Å². The zero-order chi connectivity index (χ0) is 15.7. The van der Waals surface area contributed by atoms with Crippen molar-refractivity contribution in [3.8, 4) is 17.0 Å². The summed E-state index contributed by atoms with van der Waals surface area (Å²) in [7, 11) is 1.57. The van der Waals surface area contributed by atoms with Crippen LogP contribution in [0.3, 0.4) is 0 Å². The van der Waals surface area contributed by atoms with Gasteiger partial charge in [0.15, 0.2) is 0 Å². The van der Waals surface area contributed by atoms with Gasteiger partial charge in [0.05, 0.1) is 23.9 Å². The van der Waals surface area contributed by atoms with E-state index < -0.39 is 11.8 Å². The number of carbonyl (C=O) groups is 1. The largest absolute Gasteiger partial charge is 0.497 e. The fourth-order valence-electron chi connectivity index (χ4n) is 2.28. The van der Waals surface area contributed by atoms with Gasteiger partial charge in [-0.1, -0.05) is 0 Å². The van der Waals surface area contributed by atoms with Crippen LogP contribution < -0.4 is 4.74 Å². The molecule has 110 valence electrons. The standard InChI is InChI=1S/C17H12FNO3/c1-22-12-5-2-10(3-6-12)16-9-14(17(20)21)13-8-11(18)4-7-15(13)19-16/h2-9H,1H3,(H,20,21). The van der Waals surface area contributed by atoms with Crippen molar-refractivity contribution < 1.29 is 19.0 Å². The molecule has 3 rings (SSSR count). The Morgan fingerprint density at radius 3 is 2.50 bits per heavy atom. The molecule has 4 nitrogen and oxygen atoms in total. The number of ether oxygens (including phenoxy) is 1. The topological polar surface area (TPSA) is 59.4 Å². The van der Waals surface area contributed by atoms with Crippen molar-refractivity contribution in [2.45, 2.75) is 0 Å². The quantitative estimate of drug-likeness (QED) is 0.800. The smallest absolute Gasteiger partial charge is 0.336 e. The fraction of sp³-hybridized carbons (Fsp3) is 0.0588. The number of halogens is 1. The minimum Gasteiger partial charge on any atom is -0.497 e. The summed E-state index contributed by atoms with van der Waals surface area (Å²) in [5, 5.41) is 9.64. The fourth-order valence-corrected chi connectivity index (χ4v) is 2.28. The third-order valence-corrected chi connectivity index (χ3v) is 3.39. The van der Waals surface area contributed by atoms with E-state index in [9.17, 15) is 14.3 Å². The number of fused-ring (bicyclic) bond motifs is 1. The minimum absolute atomic E-state index is 0.0234. The van der Waals surface area contributed by atoms with Gasteiger partial charge in [-0.05, 0) is 48.5 Å². The second kappa shape index (κ2) is 5.44. The monoisotopic (exact) mass is 297 g/mol. The van der Waals surface area contributed by atoms with E-state index in [2.05, 4.69) is 4.98 Å². The zero-order valence-electron chi connectivity index (χ0n) is 11.7. The van der Waals surface area contributed by atoms with Crippen molar-refractivity contribution in [2.75, 3.05) is 7.11 Å². The van der Waals surface area contributed by atoms with E-state index in [-0.39, 0.29) is 10.9 Å². The molecule has 0 amide bonds. The molecule has 1 aromatic heterocycles. The molecule has 0 fully saturated rings. The maximum absolute atomic E-state index is 13.4. The van der Waals surface area contributed by atoms with Crippen molar-refractivity contribution in [1.82, 2.24) is 4.98 Å². The van der Waals surface area contributed by atoms with Crippen LogP contribution in [0.4, 0.5) is 4.39 Å². The molecule has 0 saturated carbocycles. The molecule has 0 aliphatic carbocycles. The van der Waals surface area contributed by atoms with Crippen LogP contribution in [-0.4, -0.2) is 23.2 Å². The Morgan fingerprint density at radius 1 is 1.14 bits per heavy atom. The van der Waals surface area contributed by atoms with Crippen LogP contribution in [0, 0.1) is 5.82 Å². The maximum atomic E-state index is 13.4. The average molecular weight is 297 g/mol. The second-order valence-electron chi connectivity index (χ2n) is 4.75. The molecule has 0 unspecified atom stereocenters. The number of aromatic carboxylic acids is 1. The van der Waals surface area contributed by atoms with Crippen LogP contribution in [0.25, 0.3) is 22.2 Å². The summed E-state index contributed by atoms with van der Waals surface area (Å²) in [6.07, 6.45) is 0. The molecule has 0 aliphatic heterocycles. The number of benzene rings is 2. The number of aromatic nitrogens is 1. The molecule has 0 spiro atoms. The second-order valence-corrected chi connectivity index (χ2v) is 4.75. The summed E-state index contributed by atoms with van der Waals surface area (Å²) in [6, 6.07) is 12.5. The number of rotatable bonds is 3. The van der Waals surface area contributed by atoms with Gasteiger partial charge < -0.3 is 9.84 Å². The van der Waals surface area contributed by atoms with Gasteiger partial charge in [0.2, 0.25) is 0 Å². The normalized spacial score (nSPS) is 10.6. The van der Waals surface area contributed by atoms with Crippen molar-refractivity contribution in [2.24, 2.45) is 0 Å². The van der Waals surface area contributed by atoms with E-state index in [1.165, 1.54) is 24.3 Å². The first-order valence-electron chi connectivity index (χ1n) is 6.56. The van der Waals surface area contributed by atoms with E-state index in [1.54, 1.807) is 31.4 Å². The Balaban J connectivity index is 2.21. The Kier molecular flexibility index (Phi) is 3.47. The molecular weight excluding hydrogens is 285 g/mol. The van der Waals surface area contributed by atoms with E-state index in [4.69, 9.17) is 4.74 Å². The molecule has 1 heterocycles. The molecule has 0 radical (unpaired) electrons. The molecule has 2 aromatic carbocycles. The number of carboxylic acids is 1. The predicted molar refractivity (Wildman–Crippen MR) is 80.6 cm³/mol. The van der Waals surface area contributed by atoms with E-state index in [1.807, 2.05) is 0 Å². The van der Waals surface area contributed by atoms with Gasteiger partial charge >= 0.3 is 5.97 Å². The Labute approximate surface area is 125 Å². The Hall–Kier alpha value is -2.95. The lowest BCUT2D eigenvalue weighted by Crippen LogP contribution is -2.00. The first kappa shape index (κ1) is 14.0. The van der Waals surface area contributed by atoms with E-state index >= 15 is 0 Å². The van der Waals surface area contributed by atoms with Crippen molar-refractivity contribution in [3.05, 3.63) is 59.9 Å². The van der Waals surface area contributed by atoms with Gasteiger partial charge in [0.25, 0.3) is 0 Å². The van der Waals surface area contributed by atoms with E-state index in [0.717, 1.165) is 5.56 Å². The SMILES string of the molecule is COc1ccc(-c2cc(C(=O)O)c3cc(F)ccc3n2)cc1. The van der Waals surface area contributed by atoms with Gasteiger partial charge in [-0.25, -0.2) is 14.2 Å². The highest BCUT2D eigenvalue weighted by Gasteiger charge is 2.13. The number of carboxylic acid groups (broad SMARTS) is 1. The molecule has 0 saturated heterocycles. The first-order chi connectivity index (χ1) is 10.6. The van der Waals surface area contributed by atoms with Crippen LogP contribution in [0.1, 0.15) is 10.4 Å². The highest BCUT2D eigenvalue weighted by atomic mass is 19.1. The number of pyridine rings is 1. The predicted octanol–water partition coefficient (Wildman–Crippen LogP) is 3.75. The third-order valence-electron chi connectivity index (χ3n) is 3.39. The highest BCUT2D eigenvalue weighted by molar-refractivity contribution is 6.03. The van der Waals surface area contributed by atoms with Crippen LogP contribution >= 0.6 is 0 Å². The van der Waals surface area contributed by atoms with Gasteiger partial charge in [-0.2, -0.15) is 0 Å². The van der Waals surface area contributed by atoms with Crippen LogP contribution in [-0.2, 0) is 0 Å². The van der Waals surface area contributed by atoms with Crippen LogP contribution in [0.15, 0.2) is 48.5 Å². The van der Waals surface area contributed by atoms with E-state index in [0.29, 0.717) is 17.0 Å². The molecular formula is C17H12FNO3. The average Bonchev–Trinajstić information content (AvgIpc) is 2.53. The van der Waals surface area contributed by atoms with Gasteiger partial charge in [-0.3, -0.25) is 0 Å². The number of hydrogen-bond donors (Lipinski definition) is 1. The summed E-state index contributed by atoms with van der Waals surface area (Å²) >= 11 is 0. The first-order valence-corrected chi connectivity index (χ1v) is 6.56. The van der Waals surface area contributed by atoms with Crippen molar-refractivity contribution >= 4 is 16.9 Å². The number of nitrogens with zero attached hydrogens (tertiary/aromatic N) is 1. The van der Waals surface area contributed by atoms with Crippen molar-refractivity contribution in [3.63, 3.8) is 0 Å². The van der Waals surface area contributed by atoms with Gasteiger partial charge in [0, 0.05) is 10.9 Å².